The number of halogens is 1. The number of amides is 2. The summed E-state index contributed by atoms with van der Waals surface area (Å²) in [6.07, 6.45) is 0.970. The Morgan fingerprint density at radius 1 is 0.841 bits per heavy atom. The molecule has 0 spiro atoms. The smallest absolute Gasteiger partial charge is 0.264 e. The number of carbonyl (C=O) groups is 2. The maximum Gasteiger partial charge on any atom is 0.264 e. The molecule has 0 aliphatic rings. The maximum atomic E-state index is 14.4. The zero-order chi connectivity index (χ0) is 31.7. The van der Waals surface area contributed by atoms with Crippen LogP contribution in [0, 0.1) is 6.92 Å². The van der Waals surface area contributed by atoms with Crippen molar-refractivity contribution in [1.29, 1.82) is 0 Å². The largest absolute Gasteiger partial charge is 0.352 e. The van der Waals surface area contributed by atoms with Crippen molar-refractivity contribution < 1.29 is 18.0 Å². The lowest BCUT2D eigenvalue weighted by Gasteiger charge is -2.34. The van der Waals surface area contributed by atoms with Gasteiger partial charge in [0.05, 0.1) is 10.6 Å². The normalized spacial score (nSPS) is 12.6. The zero-order valence-electron chi connectivity index (χ0n) is 25.2. The van der Waals surface area contributed by atoms with Gasteiger partial charge in [-0.3, -0.25) is 13.9 Å². The van der Waals surface area contributed by atoms with Crippen molar-refractivity contribution >= 4 is 39.1 Å². The number of nitrogens with zero attached hydrogens (tertiary/aromatic N) is 2. The molecule has 0 fully saturated rings. The highest BCUT2D eigenvalue weighted by molar-refractivity contribution is 7.92. The Bertz CT molecular complexity index is 1650. The highest BCUT2D eigenvalue weighted by Crippen LogP contribution is 2.27. The van der Waals surface area contributed by atoms with Crippen LogP contribution in [0.1, 0.15) is 37.0 Å². The van der Waals surface area contributed by atoms with Gasteiger partial charge < -0.3 is 10.2 Å². The molecule has 0 aliphatic carbocycles. The van der Waals surface area contributed by atoms with Crippen molar-refractivity contribution in [3.8, 4) is 0 Å². The van der Waals surface area contributed by atoms with Gasteiger partial charge in [-0.2, -0.15) is 0 Å². The van der Waals surface area contributed by atoms with Crippen LogP contribution in [-0.2, 0) is 32.6 Å². The summed E-state index contributed by atoms with van der Waals surface area (Å²) in [6, 6.07) is 30.7. The van der Waals surface area contributed by atoms with Crippen LogP contribution in [0.25, 0.3) is 0 Å². The molecular weight excluding hydrogens is 594 g/mol. The number of hydrogen-bond acceptors (Lipinski definition) is 4. The van der Waals surface area contributed by atoms with Crippen LogP contribution in [0.5, 0.6) is 0 Å². The van der Waals surface area contributed by atoms with E-state index in [4.69, 9.17) is 11.6 Å². The second kappa shape index (κ2) is 15.0. The van der Waals surface area contributed by atoms with E-state index in [2.05, 4.69) is 5.32 Å². The van der Waals surface area contributed by atoms with Gasteiger partial charge in [0.1, 0.15) is 12.6 Å². The van der Waals surface area contributed by atoms with Crippen LogP contribution in [-0.4, -0.2) is 43.8 Å². The van der Waals surface area contributed by atoms with E-state index in [0.717, 1.165) is 21.0 Å². The van der Waals surface area contributed by atoms with E-state index in [9.17, 15) is 18.0 Å². The number of carbonyl (C=O) groups excluding carboxylic acids is 2. The first-order chi connectivity index (χ1) is 21.1. The first kappa shape index (κ1) is 32.8. The predicted molar refractivity (Wildman–Crippen MR) is 176 cm³/mol. The summed E-state index contributed by atoms with van der Waals surface area (Å²) in [7, 11) is -4.19. The van der Waals surface area contributed by atoms with Gasteiger partial charge in [0.25, 0.3) is 10.0 Å². The van der Waals surface area contributed by atoms with Crippen molar-refractivity contribution in [2.24, 2.45) is 0 Å². The molecule has 0 heterocycles. The standard InChI is InChI=1S/C35H38ClN3O4S/c1-4-27(3)37-35(41)33(22-28-12-7-5-8-13-28)38(24-29-14-9-6-10-15-29)34(40)25-39(31-17-11-16-30(36)23-31)44(42,43)32-20-18-26(2)19-21-32/h5-21,23,27,33H,4,22,24-25H2,1-3H3,(H,37,41)/t27-,33+/m1/s1. The summed E-state index contributed by atoms with van der Waals surface area (Å²) in [5.41, 5.74) is 2.83. The molecule has 1 N–H and O–H groups in total. The Hall–Kier alpha value is -4.14. The second-order valence-electron chi connectivity index (χ2n) is 10.8. The minimum atomic E-state index is -4.19. The van der Waals surface area contributed by atoms with Crippen LogP contribution < -0.4 is 9.62 Å². The van der Waals surface area contributed by atoms with Crippen LogP contribution in [0.4, 0.5) is 5.69 Å². The summed E-state index contributed by atoms with van der Waals surface area (Å²) in [5.74, 6) is -0.826. The summed E-state index contributed by atoms with van der Waals surface area (Å²) in [6.45, 7) is 5.33. The molecule has 7 nitrogen and oxygen atoms in total. The first-order valence-corrected chi connectivity index (χ1v) is 16.4. The molecule has 0 radical (unpaired) electrons. The van der Waals surface area contributed by atoms with Crippen LogP contribution in [0.2, 0.25) is 5.02 Å². The monoisotopic (exact) mass is 631 g/mol. The predicted octanol–water partition coefficient (Wildman–Crippen LogP) is 6.40. The van der Waals surface area contributed by atoms with Gasteiger partial charge in [-0.1, -0.05) is 103 Å². The van der Waals surface area contributed by atoms with E-state index >= 15 is 0 Å². The molecule has 4 aromatic rings. The Morgan fingerprint density at radius 2 is 1.45 bits per heavy atom. The molecule has 0 aromatic heterocycles. The molecule has 9 heteroatoms. The second-order valence-corrected chi connectivity index (χ2v) is 13.1. The van der Waals surface area contributed by atoms with Crippen LogP contribution >= 0.6 is 11.6 Å². The van der Waals surface area contributed by atoms with Gasteiger partial charge in [-0.05, 0) is 61.7 Å². The molecule has 2 amide bonds. The van der Waals surface area contributed by atoms with E-state index in [1.165, 1.54) is 23.1 Å². The Balaban J connectivity index is 1.79. The summed E-state index contributed by atoms with van der Waals surface area (Å²) < 4.78 is 29.2. The molecule has 0 saturated carbocycles. The number of hydrogen-bond donors (Lipinski definition) is 1. The third kappa shape index (κ3) is 8.49. The van der Waals surface area contributed by atoms with E-state index in [1.54, 1.807) is 30.3 Å². The molecule has 2 atom stereocenters. The average Bonchev–Trinajstić information content (AvgIpc) is 3.02. The van der Waals surface area contributed by atoms with E-state index in [1.807, 2.05) is 81.4 Å². The van der Waals surface area contributed by atoms with Crippen molar-refractivity contribution in [2.75, 3.05) is 10.8 Å². The average molecular weight is 632 g/mol. The highest BCUT2D eigenvalue weighted by Gasteiger charge is 2.35. The molecule has 0 aliphatic heterocycles. The lowest BCUT2D eigenvalue weighted by molar-refractivity contribution is -0.140. The number of aryl methyl sites for hydroxylation is 1. The molecule has 44 heavy (non-hydrogen) atoms. The van der Waals surface area contributed by atoms with Gasteiger partial charge in [0.15, 0.2) is 0 Å². The van der Waals surface area contributed by atoms with Crippen molar-refractivity contribution in [1.82, 2.24) is 10.2 Å². The van der Waals surface area contributed by atoms with Crippen LogP contribution in [0.3, 0.4) is 0 Å². The summed E-state index contributed by atoms with van der Waals surface area (Å²) in [4.78, 5) is 29.8. The van der Waals surface area contributed by atoms with E-state index in [-0.39, 0.29) is 35.5 Å². The van der Waals surface area contributed by atoms with Crippen LogP contribution in [0.15, 0.2) is 114 Å². The maximum absolute atomic E-state index is 14.4. The topological polar surface area (TPSA) is 86.8 Å². The lowest BCUT2D eigenvalue weighted by atomic mass is 10.0. The Kier molecular flexibility index (Phi) is 11.2. The number of nitrogens with one attached hydrogen (secondary N) is 1. The number of benzene rings is 4. The minimum absolute atomic E-state index is 0.0424. The summed E-state index contributed by atoms with van der Waals surface area (Å²) >= 11 is 6.29. The summed E-state index contributed by atoms with van der Waals surface area (Å²) in [5, 5.41) is 3.37. The van der Waals surface area contributed by atoms with Crippen molar-refractivity contribution in [3.63, 3.8) is 0 Å². The van der Waals surface area contributed by atoms with Gasteiger partial charge in [0.2, 0.25) is 11.8 Å². The SMILES string of the molecule is CC[C@@H](C)NC(=O)[C@H](Cc1ccccc1)N(Cc1ccccc1)C(=O)CN(c1cccc(Cl)c1)S(=O)(=O)c1ccc(C)cc1. The van der Waals surface area contributed by atoms with Gasteiger partial charge in [0, 0.05) is 24.0 Å². The Labute approximate surface area is 265 Å². The van der Waals surface area contributed by atoms with Gasteiger partial charge in [-0.25, -0.2) is 8.42 Å². The quantitative estimate of drug-likeness (QED) is 0.185. The zero-order valence-corrected chi connectivity index (χ0v) is 26.8. The molecule has 0 unspecified atom stereocenters. The number of anilines is 1. The van der Waals surface area contributed by atoms with Crippen molar-refractivity contribution in [3.05, 3.63) is 131 Å². The molecule has 0 saturated heterocycles. The Morgan fingerprint density at radius 3 is 2.05 bits per heavy atom. The fourth-order valence-electron chi connectivity index (χ4n) is 4.77. The van der Waals surface area contributed by atoms with Gasteiger partial charge >= 0.3 is 0 Å². The van der Waals surface area contributed by atoms with Crippen molar-refractivity contribution in [2.45, 2.75) is 57.1 Å². The van der Waals surface area contributed by atoms with E-state index < -0.39 is 28.5 Å². The number of rotatable bonds is 13. The minimum Gasteiger partial charge on any atom is -0.352 e. The third-order valence-electron chi connectivity index (χ3n) is 7.45. The van der Waals surface area contributed by atoms with E-state index in [0.29, 0.717) is 11.4 Å². The molecule has 4 rings (SSSR count). The first-order valence-electron chi connectivity index (χ1n) is 14.6. The third-order valence-corrected chi connectivity index (χ3v) is 9.48. The fourth-order valence-corrected chi connectivity index (χ4v) is 6.36. The number of sulfonamides is 1. The molecule has 0 bridgehead atoms. The molecule has 230 valence electrons. The molecule has 4 aromatic carbocycles. The molecular formula is C35H38ClN3O4S. The van der Waals surface area contributed by atoms with Gasteiger partial charge in [-0.15, -0.1) is 0 Å². The highest BCUT2D eigenvalue weighted by atomic mass is 35.5. The fraction of sp³-hybridized carbons (Fsp3) is 0.257. The lowest BCUT2D eigenvalue weighted by Crippen LogP contribution is -2.54.